The maximum Gasteiger partial charge on any atom is 0.323 e. The monoisotopic (exact) mass is 630 g/mol. The van der Waals surface area contributed by atoms with Crippen LogP contribution in [0.2, 0.25) is 0 Å². The zero-order chi connectivity index (χ0) is 31.6. The Balaban J connectivity index is 1.02. The number of ether oxygens (including phenoxy) is 2. The highest BCUT2D eigenvalue weighted by Gasteiger charge is 2.21. The zero-order valence-electron chi connectivity index (χ0n) is 26.0. The van der Waals surface area contributed by atoms with E-state index in [-0.39, 0.29) is 12.1 Å². The molecule has 0 unspecified atom stereocenters. The van der Waals surface area contributed by atoms with Crippen LogP contribution in [0.25, 0.3) is 11.4 Å². The van der Waals surface area contributed by atoms with Crippen molar-refractivity contribution in [3.8, 4) is 11.4 Å². The fraction of sp³-hybridized carbons (Fsp3) is 0.469. The molecule has 0 spiro atoms. The summed E-state index contributed by atoms with van der Waals surface area (Å²) in [5.41, 5.74) is 2.68. The van der Waals surface area contributed by atoms with Crippen LogP contribution >= 0.6 is 0 Å². The second-order valence-corrected chi connectivity index (χ2v) is 11.5. The Morgan fingerprint density at radius 2 is 1.09 bits per heavy atom. The number of likely N-dealkylation sites (tertiary alicyclic amines) is 1. The first kappa shape index (κ1) is 31.5. The molecule has 46 heavy (non-hydrogen) atoms. The Bertz CT molecular complexity index is 1400. The number of rotatable bonds is 9. The smallest absolute Gasteiger partial charge is 0.323 e. The number of carbonyl (C=O) groups is 2. The van der Waals surface area contributed by atoms with Gasteiger partial charge in [0.05, 0.1) is 26.4 Å². The van der Waals surface area contributed by atoms with Gasteiger partial charge in [-0.25, -0.2) is 9.59 Å². The minimum Gasteiger partial charge on any atom is -0.378 e. The second kappa shape index (κ2) is 15.7. The van der Waals surface area contributed by atoms with Gasteiger partial charge >= 0.3 is 12.1 Å². The van der Waals surface area contributed by atoms with E-state index in [0.717, 1.165) is 51.4 Å². The first-order valence-corrected chi connectivity index (χ1v) is 16.1. The quantitative estimate of drug-likeness (QED) is 0.277. The van der Waals surface area contributed by atoms with Crippen molar-refractivity contribution in [3.05, 3.63) is 48.5 Å². The van der Waals surface area contributed by atoms with Crippen molar-refractivity contribution in [3.63, 3.8) is 0 Å². The number of hydrogen-bond acceptors (Lipinski definition) is 10. The molecule has 3 aliphatic rings. The van der Waals surface area contributed by atoms with Gasteiger partial charge in [-0.15, -0.1) is 0 Å². The number of benzene rings is 2. The van der Waals surface area contributed by atoms with E-state index < -0.39 is 0 Å². The molecule has 0 aliphatic carbocycles. The zero-order valence-corrected chi connectivity index (χ0v) is 26.0. The van der Waals surface area contributed by atoms with Crippen LogP contribution in [-0.4, -0.2) is 111 Å². The third-order valence-corrected chi connectivity index (χ3v) is 8.16. The average molecular weight is 631 g/mol. The molecule has 2 aromatic carbocycles. The number of hydrogen-bond donors (Lipinski definition) is 4. The molecular weight excluding hydrogens is 588 g/mol. The molecule has 0 radical (unpaired) electrons. The van der Waals surface area contributed by atoms with Crippen LogP contribution in [0.1, 0.15) is 19.3 Å². The summed E-state index contributed by atoms with van der Waals surface area (Å²) < 4.78 is 11.0. The number of urea groups is 2. The van der Waals surface area contributed by atoms with E-state index in [1.165, 1.54) is 19.3 Å². The average Bonchev–Trinajstić information content (AvgIpc) is 3.10. The number of nitrogens with zero attached hydrogens (tertiary/aromatic N) is 6. The lowest BCUT2D eigenvalue weighted by atomic mass is 10.1. The maximum absolute atomic E-state index is 12.7. The lowest BCUT2D eigenvalue weighted by Crippen LogP contribution is -2.40. The van der Waals surface area contributed by atoms with Crippen LogP contribution in [-0.2, 0) is 9.47 Å². The van der Waals surface area contributed by atoms with Crippen LogP contribution in [0.5, 0.6) is 0 Å². The number of piperidine rings is 1. The largest absolute Gasteiger partial charge is 0.378 e. The number of amides is 4. The minimum atomic E-state index is -0.381. The van der Waals surface area contributed by atoms with Gasteiger partial charge in [0.1, 0.15) is 0 Å². The van der Waals surface area contributed by atoms with Crippen molar-refractivity contribution in [2.24, 2.45) is 0 Å². The highest BCUT2D eigenvalue weighted by Crippen LogP contribution is 2.24. The molecule has 244 valence electrons. The van der Waals surface area contributed by atoms with Gasteiger partial charge in [0.2, 0.25) is 11.9 Å². The van der Waals surface area contributed by atoms with Crippen molar-refractivity contribution in [1.82, 2.24) is 25.2 Å². The molecule has 3 aromatic rings. The van der Waals surface area contributed by atoms with Crippen LogP contribution in [0.4, 0.5) is 38.5 Å². The third kappa shape index (κ3) is 8.80. The molecule has 4 heterocycles. The summed E-state index contributed by atoms with van der Waals surface area (Å²) in [6.07, 6.45) is 3.75. The van der Waals surface area contributed by atoms with E-state index in [1.54, 1.807) is 24.3 Å². The molecule has 14 heteroatoms. The molecule has 3 saturated heterocycles. The minimum absolute atomic E-state index is 0.245. The predicted molar refractivity (Wildman–Crippen MR) is 178 cm³/mol. The van der Waals surface area contributed by atoms with Gasteiger partial charge in [-0.2, -0.15) is 15.0 Å². The topological polar surface area (TPSA) is 149 Å². The highest BCUT2D eigenvalue weighted by molar-refractivity contribution is 6.00. The Morgan fingerprint density at radius 3 is 1.61 bits per heavy atom. The molecule has 14 nitrogen and oxygen atoms in total. The van der Waals surface area contributed by atoms with Crippen LogP contribution in [0.15, 0.2) is 48.5 Å². The van der Waals surface area contributed by atoms with E-state index >= 15 is 0 Å². The lowest BCUT2D eigenvalue weighted by Gasteiger charge is -2.30. The van der Waals surface area contributed by atoms with Crippen molar-refractivity contribution in [2.45, 2.75) is 19.3 Å². The molecule has 6 rings (SSSR count). The molecule has 3 fully saturated rings. The predicted octanol–water partition coefficient (Wildman–Crippen LogP) is 3.46. The second-order valence-electron chi connectivity index (χ2n) is 11.5. The van der Waals surface area contributed by atoms with E-state index in [4.69, 9.17) is 24.4 Å². The van der Waals surface area contributed by atoms with Crippen molar-refractivity contribution in [2.75, 3.05) is 105 Å². The summed E-state index contributed by atoms with van der Waals surface area (Å²) in [5.74, 6) is 1.83. The first-order valence-electron chi connectivity index (χ1n) is 16.1. The van der Waals surface area contributed by atoms with Gasteiger partial charge in [0.25, 0.3) is 0 Å². The number of anilines is 5. The highest BCUT2D eigenvalue weighted by atomic mass is 16.5. The Kier molecular flexibility index (Phi) is 10.7. The Labute approximate surface area is 268 Å². The third-order valence-electron chi connectivity index (χ3n) is 8.16. The molecule has 3 aliphatic heterocycles. The molecule has 4 amide bonds. The summed E-state index contributed by atoms with van der Waals surface area (Å²) in [4.78, 5) is 46.0. The van der Waals surface area contributed by atoms with E-state index in [2.05, 4.69) is 36.0 Å². The van der Waals surface area contributed by atoms with Gasteiger partial charge < -0.3 is 45.4 Å². The fourth-order valence-corrected chi connectivity index (χ4v) is 5.61. The normalized spacial score (nSPS) is 17.3. The van der Waals surface area contributed by atoms with Crippen molar-refractivity contribution < 1.29 is 19.1 Å². The Morgan fingerprint density at radius 1 is 0.609 bits per heavy atom. The first-order chi connectivity index (χ1) is 22.6. The van der Waals surface area contributed by atoms with Gasteiger partial charge in [0.15, 0.2) is 5.82 Å². The van der Waals surface area contributed by atoms with Gasteiger partial charge in [-0.1, -0.05) is 6.42 Å². The van der Waals surface area contributed by atoms with Crippen LogP contribution < -0.4 is 31.1 Å². The summed E-state index contributed by atoms with van der Waals surface area (Å²) in [5, 5.41) is 11.4. The molecule has 1 aromatic heterocycles. The maximum atomic E-state index is 12.7. The summed E-state index contributed by atoms with van der Waals surface area (Å²) in [6, 6.07) is 13.8. The SMILES string of the molecule is O=C(NCCN1CCCCC1)Nc1ccc(NC(=O)Nc2ccc(-c3nc(N4CCOCC4)nc(N4CCOCC4)n3)cc2)cc1. The van der Waals surface area contributed by atoms with Gasteiger partial charge in [-0.05, 0) is 74.5 Å². The molecule has 0 atom stereocenters. The molecule has 0 bridgehead atoms. The van der Waals surface area contributed by atoms with E-state index in [0.29, 0.717) is 67.8 Å². The van der Waals surface area contributed by atoms with Gasteiger partial charge in [-0.3, -0.25) is 0 Å². The number of nitrogens with one attached hydrogen (secondary N) is 4. The van der Waals surface area contributed by atoms with Crippen molar-refractivity contribution >= 4 is 41.0 Å². The van der Waals surface area contributed by atoms with E-state index in [9.17, 15) is 9.59 Å². The van der Waals surface area contributed by atoms with Gasteiger partial charge in [0, 0.05) is 61.9 Å². The number of morpholine rings is 2. The summed E-state index contributed by atoms with van der Waals surface area (Å²) in [7, 11) is 0. The standard InChI is InChI=1S/C32H42N10O4/c43-31(33-12-15-40-13-2-1-3-14-40)34-26-8-10-27(11-9-26)36-32(44)35-25-6-4-24(5-7-25)28-37-29(41-16-20-45-21-17-41)39-30(38-28)42-18-22-46-23-19-42/h4-11H,1-3,12-23H2,(H2,33,34,43)(H2,35,36,44). The lowest BCUT2D eigenvalue weighted by molar-refractivity contribution is 0.121. The van der Waals surface area contributed by atoms with Crippen LogP contribution in [0.3, 0.4) is 0 Å². The molecule has 0 saturated carbocycles. The molecular formula is C32H42N10O4. The van der Waals surface area contributed by atoms with Crippen molar-refractivity contribution in [1.29, 1.82) is 0 Å². The number of carbonyl (C=O) groups excluding carboxylic acids is 2. The Hall–Kier alpha value is -4.53. The molecule has 4 N–H and O–H groups in total. The number of aromatic nitrogens is 3. The summed E-state index contributed by atoms with van der Waals surface area (Å²) in [6.45, 7) is 9.07. The van der Waals surface area contributed by atoms with Crippen LogP contribution in [0, 0.1) is 0 Å². The summed E-state index contributed by atoms with van der Waals surface area (Å²) >= 11 is 0. The van der Waals surface area contributed by atoms with E-state index in [1.807, 2.05) is 24.3 Å². The fourth-order valence-electron chi connectivity index (χ4n) is 5.61.